The summed E-state index contributed by atoms with van der Waals surface area (Å²) in [4.78, 5) is 36.7. The molecule has 2 N–H and O–H groups in total. The SMILES string of the molecule is CN(C(=O)OC(C)(C)C)c1cc(Nc2cccnc2OC2CC2)nc2c(C(=O)CC3CC[C@H](O)C3)cnn12. The molecule has 2 saturated carbocycles. The predicted molar refractivity (Wildman–Crippen MR) is 141 cm³/mol. The summed E-state index contributed by atoms with van der Waals surface area (Å²) in [6.45, 7) is 5.38. The largest absolute Gasteiger partial charge is 0.473 e. The Morgan fingerprint density at radius 1 is 1.24 bits per heavy atom. The molecule has 3 aromatic rings. The zero-order valence-electron chi connectivity index (χ0n) is 22.2. The lowest BCUT2D eigenvalue weighted by molar-refractivity contribution is 0.0587. The Hall–Kier alpha value is -3.73. The highest BCUT2D eigenvalue weighted by molar-refractivity contribution is 6.02. The molecule has 2 fully saturated rings. The number of carbonyl (C=O) groups excluding carboxylic acids is 2. The highest BCUT2D eigenvalue weighted by Crippen LogP contribution is 2.34. The van der Waals surface area contributed by atoms with Crippen molar-refractivity contribution in [1.29, 1.82) is 0 Å². The van der Waals surface area contributed by atoms with Crippen molar-refractivity contribution < 1.29 is 24.2 Å². The zero-order valence-corrected chi connectivity index (χ0v) is 22.2. The first-order chi connectivity index (χ1) is 18.1. The number of ketones is 1. The Bertz CT molecular complexity index is 1350. The number of ether oxygens (including phenoxy) is 2. The first-order valence-corrected chi connectivity index (χ1v) is 13.0. The molecule has 5 rings (SSSR count). The van der Waals surface area contributed by atoms with Crippen LogP contribution in [0.15, 0.2) is 30.6 Å². The average molecular weight is 523 g/mol. The number of aliphatic hydroxyl groups excluding tert-OH is 1. The molecule has 1 unspecified atom stereocenters. The minimum atomic E-state index is -0.694. The summed E-state index contributed by atoms with van der Waals surface area (Å²) >= 11 is 0. The van der Waals surface area contributed by atoms with Crippen LogP contribution in [0.4, 0.5) is 22.1 Å². The van der Waals surface area contributed by atoms with E-state index >= 15 is 0 Å². The van der Waals surface area contributed by atoms with Crippen LogP contribution >= 0.6 is 0 Å². The predicted octanol–water partition coefficient (Wildman–Crippen LogP) is 4.51. The lowest BCUT2D eigenvalue weighted by atomic mass is 9.98. The minimum Gasteiger partial charge on any atom is -0.473 e. The second kappa shape index (κ2) is 10.2. The Kier molecular flexibility index (Phi) is 6.95. The molecule has 2 atom stereocenters. The lowest BCUT2D eigenvalue weighted by Gasteiger charge is -2.25. The molecule has 0 aromatic carbocycles. The molecule has 202 valence electrons. The second-order valence-corrected chi connectivity index (χ2v) is 11.1. The van der Waals surface area contributed by atoms with Gasteiger partial charge in [0.25, 0.3) is 0 Å². The molecule has 1 amide bonds. The van der Waals surface area contributed by atoms with E-state index in [-0.39, 0.29) is 23.9 Å². The number of hydrogen-bond acceptors (Lipinski definition) is 9. The first-order valence-electron chi connectivity index (χ1n) is 13.0. The van der Waals surface area contributed by atoms with Crippen molar-refractivity contribution in [3.63, 3.8) is 0 Å². The maximum atomic E-state index is 13.3. The normalized spacial score (nSPS) is 19.4. The van der Waals surface area contributed by atoms with E-state index in [1.807, 2.05) is 6.07 Å². The molecule has 2 aliphatic carbocycles. The number of pyridine rings is 1. The van der Waals surface area contributed by atoms with E-state index in [2.05, 4.69) is 15.4 Å². The van der Waals surface area contributed by atoms with Gasteiger partial charge in [-0.2, -0.15) is 9.61 Å². The fourth-order valence-corrected chi connectivity index (χ4v) is 4.54. The Labute approximate surface area is 221 Å². The van der Waals surface area contributed by atoms with Gasteiger partial charge in [-0.05, 0) is 70.9 Å². The lowest BCUT2D eigenvalue weighted by Crippen LogP contribution is -2.35. The van der Waals surface area contributed by atoms with Crippen molar-refractivity contribution in [3.8, 4) is 5.88 Å². The van der Waals surface area contributed by atoms with E-state index in [1.165, 1.54) is 15.6 Å². The summed E-state index contributed by atoms with van der Waals surface area (Å²) in [5.74, 6) is 1.24. The van der Waals surface area contributed by atoms with Crippen LogP contribution in [0, 0.1) is 5.92 Å². The fourth-order valence-electron chi connectivity index (χ4n) is 4.54. The van der Waals surface area contributed by atoms with Crippen molar-refractivity contribution in [2.45, 2.75) is 77.1 Å². The van der Waals surface area contributed by atoms with Crippen LogP contribution in [-0.2, 0) is 4.74 Å². The molecular weight excluding hydrogens is 488 g/mol. The molecule has 11 heteroatoms. The smallest absolute Gasteiger partial charge is 0.415 e. The number of amides is 1. The van der Waals surface area contributed by atoms with Crippen LogP contribution < -0.4 is 15.0 Å². The van der Waals surface area contributed by atoms with Gasteiger partial charge in [0.15, 0.2) is 11.4 Å². The zero-order chi connectivity index (χ0) is 27.0. The topological polar surface area (TPSA) is 131 Å². The molecule has 3 heterocycles. The summed E-state index contributed by atoms with van der Waals surface area (Å²) in [5, 5.41) is 17.6. The van der Waals surface area contributed by atoms with Crippen molar-refractivity contribution in [2.24, 2.45) is 5.92 Å². The van der Waals surface area contributed by atoms with Crippen molar-refractivity contribution in [3.05, 3.63) is 36.2 Å². The molecular formula is C27H34N6O5. The quantitative estimate of drug-likeness (QED) is 0.410. The summed E-state index contributed by atoms with van der Waals surface area (Å²) in [7, 11) is 1.58. The van der Waals surface area contributed by atoms with E-state index in [0.29, 0.717) is 53.7 Å². The third-order valence-corrected chi connectivity index (χ3v) is 6.59. The Morgan fingerprint density at radius 2 is 2.03 bits per heavy atom. The number of fused-ring (bicyclic) bond motifs is 1. The summed E-state index contributed by atoms with van der Waals surface area (Å²) in [5.41, 5.74) is 0.599. The van der Waals surface area contributed by atoms with Gasteiger partial charge in [0.1, 0.15) is 29.0 Å². The van der Waals surface area contributed by atoms with Gasteiger partial charge < -0.3 is 19.9 Å². The number of aliphatic hydroxyl groups is 1. The van der Waals surface area contributed by atoms with E-state index in [1.54, 1.807) is 46.1 Å². The summed E-state index contributed by atoms with van der Waals surface area (Å²) in [6, 6.07) is 5.29. The van der Waals surface area contributed by atoms with Crippen LogP contribution in [0.5, 0.6) is 5.88 Å². The van der Waals surface area contributed by atoms with E-state index in [9.17, 15) is 14.7 Å². The van der Waals surface area contributed by atoms with Crippen LogP contribution in [-0.4, -0.2) is 61.4 Å². The molecule has 38 heavy (non-hydrogen) atoms. The minimum absolute atomic E-state index is 0.103. The number of carbonyl (C=O) groups is 2. The first kappa shape index (κ1) is 25.9. The number of anilines is 3. The van der Waals surface area contributed by atoms with Crippen LogP contribution in [0.25, 0.3) is 5.65 Å². The van der Waals surface area contributed by atoms with Crippen LogP contribution in [0.2, 0.25) is 0 Å². The molecule has 0 bridgehead atoms. The molecule has 11 nitrogen and oxygen atoms in total. The molecule has 3 aromatic heterocycles. The number of nitrogens with one attached hydrogen (secondary N) is 1. The average Bonchev–Trinajstić information content (AvgIpc) is 3.41. The van der Waals surface area contributed by atoms with Crippen LogP contribution in [0.3, 0.4) is 0 Å². The number of hydrogen-bond donors (Lipinski definition) is 2. The Morgan fingerprint density at radius 3 is 2.71 bits per heavy atom. The molecule has 0 saturated heterocycles. The summed E-state index contributed by atoms with van der Waals surface area (Å²) < 4.78 is 13.0. The highest BCUT2D eigenvalue weighted by Gasteiger charge is 2.29. The number of Topliss-reactive ketones (excluding diaryl/α,β-unsaturated/α-hetero) is 1. The number of rotatable bonds is 8. The van der Waals surface area contributed by atoms with Crippen molar-refractivity contribution >= 4 is 34.8 Å². The van der Waals surface area contributed by atoms with Gasteiger partial charge in [-0.15, -0.1) is 0 Å². The monoisotopic (exact) mass is 522 g/mol. The van der Waals surface area contributed by atoms with Gasteiger partial charge in [-0.1, -0.05) is 0 Å². The number of nitrogens with zero attached hydrogens (tertiary/aromatic N) is 5. The standard InChI is InChI=1S/C27H34N6O5/c1-27(2,3)38-26(36)32(4)23-14-22(30-20-6-5-11-28-25(20)37-18-9-10-18)31-24-19(15-29-33(23)24)21(35)13-16-7-8-17(34)12-16/h5-6,11,14-18,34H,7-10,12-13H2,1-4H3,(H,30,31)/t16?,17-/m0/s1. The van der Waals surface area contributed by atoms with E-state index in [0.717, 1.165) is 19.3 Å². The third-order valence-electron chi connectivity index (χ3n) is 6.59. The maximum Gasteiger partial charge on any atom is 0.415 e. The van der Waals surface area contributed by atoms with E-state index < -0.39 is 11.7 Å². The van der Waals surface area contributed by atoms with Gasteiger partial charge in [-0.3, -0.25) is 9.69 Å². The van der Waals surface area contributed by atoms with Gasteiger partial charge in [0.2, 0.25) is 5.88 Å². The molecule has 0 spiro atoms. The van der Waals surface area contributed by atoms with Crippen molar-refractivity contribution in [1.82, 2.24) is 19.6 Å². The fraction of sp³-hybridized carbons (Fsp3) is 0.519. The highest BCUT2D eigenvalue weighted by atomic mass is 16.6. The van der Waals surface area contributed by atoms with Gasteiger partial charge in [0, 0.05) is 25.7 Å². The van der Waals surface area contributed by atoms with Gasteiger partial charge in [0.05, 0.1) is 17.9 Å². The van der Waals surface area contributed by atoms with E-state index in [4.69, 9.17) is 14.5 Å². The Balaban J connectivity index is 1.52. The molecule has 0 radical (unpaired) electrons. The summed E-state index contributed by atoms with van der Waals surface area (Å²) in [6.07, 6.45) is 6.79. The number of aromatic nitrogens is 4. The van der Waals surface area contributed by atoms with Crippen molar-refractivity contribution in [2.75, 3.05) is 17.3 Å². The molecule has 2 aliphatic rings. The maximum absolute atomic E-state index is 13.3. The van der Waals surface area contributed by atoms with Crippen LogP contribution in [0.1, 0.15) is 69.7 Å². The van der Waals surface area contributed by atoms with Gasteiger partial charge in [-0.25, -0.2) is 14.8 Å². The third kappa shape index (κ3) is 5.88. The second-order valence-electron chi connectivity index (χ2n) is 11.1. The molecule has 0 aliphatic heterocycles. The van der Waals surface area contributed by atoms with Gasteiger partial charge >= 0.3 is 6.09 Å².